The van der Waals surface area contributed by atoms with E-state index in [-0.39, 0.29) is 5.91 Å². The maximum atomic E-state index is 11.9. The lowest BCUT2D eigenvalue weighted by atomic mass is 10.0. The molecule has 0 unspecified atom stereocenters. The van der Waals surface area contributed by atoms with Gasteiger partial charge in [-0.15, -0.1) is 0 Å². The van der Waals surface area contributed by atoms with Crippen LogP contribution < -0.4 is 5.32 Å². The van der Waals surface area contributed by atoms with Gasteiger partial charge in [0.15, 0.2) is 0 Å². The van der Waals surface area contributed by atoms with Crippen molar-refractivity contribution >= 4 is 11.9 Å². The van der Waals surface area contributed by atoms with Crippen molar-refractivity contribution in [3.8, 4) is 0 Å². The molecule has 0 aliphatic heterocycles. The van der Waals surface area contributed by atoms with Crippen LogP contribution in [0.2, 0.25) is 0 Å². The molecule has 0 aromatic heterocycles. The summed E-state index contributed by atoms with van der Waals surface area (Å²) in [6, 6.07) is -0.437. The van der Waals surface area contributed by atoms with Gasteiger partial charge in [0.05, 0.1) is 0 Å². The average molecular weight is 453 g/mol. The van der Waals surface area contributed by atoms with Crippen molar-refractivity contribution in [3.05, 3.63) is 12.2 Å². The summed E-state index contributed by atoms with van der Waals surface area (Å²) in [7, 11) is 3.58. The molecule has 188 valence electrons. The van der Waals surface area contributed by atoms with Crippen LogP contribution in [0.5, 0.6) is 0 Å². The quantitative estimate of drug-likeness (QED) is 0.133. The van der Waals surface area contributed by atoms with Crippen LogP contribution >= 0.6 is 0 Å². The lowest BCUT2D eigenvalue weighted by Crippen LogP contribution is -2.35. The molecule has 0 saturated heterocycles. The van der Waals surface area contributed by atoms with E-state index in [9.17, 15) is 9.59 Å². The molecular weight excluding hydrogens is 400 g/mol. The lowest BCUT2D eigenvalue weighted by molar-refractivity contribution is -0.142. The number of amides is 1. The molecule has 0 aliphatic carbocycles. The number of aliphatic carboxylic acids is 1. The zero-order valence-electron chi connectivity index (χ0n) is 21.4. The van der Waals surface area contributed by atoms with Crippen LogP contribution in [-0.2, 0) is 9.59 Å². The molecule has 0 fully saturated rings. The molecule has 5 heteroatoms. The number of hydrogen-bond donors (Lipinski definition) is 2. The number of nitrogens with one attached hydrogen (secondary N) is 1. The number of allylic oxidation sites excluding steroid dienone is 2. The second-order valence-electron chi connectivity index (χ2n) is 9.35. The number of carbonyl (C=O) groups excluding carboxylic acids is 1. The van der Waals surface area contributed by atoms with Gasteiger partial charge in [0.1, 0.15) is 6.04 Å². The maximum absolute atomic E-state index is 11.9. The van der Waals surface area contributed by atoms with E-state index in [4.69, 9.17) is 5.11 Å². The van der Waals surface area contributed by atoms with Crippen molar-refractivity contribution in [2.45, 2.75) is 129 Å². The second-order valence-corrected chi connectivity index (χ2v) is 9.35. The smallest absolute Gasteiger partial charge is 0.320 e. The lowest BCUT2D eigenvalue weighted by Gasteiger charge is -2.19. The minimum absolute atomic E-state index is 0.133. The minimum Gasteiger partial charge on any atom is -0.480 e. The number of likely N-dealkylation sites (N-methyl/N-ethyl adjacent to an activating group) is 1. The molecule has 0 saturated carbocycles. The Morgan fingerprint density at radius 2 is 1.31 bits per heavy atom. The summed E-state index contributed by atoms with van der Waals surface area (Å²) in [5, 5.41) is 12.1. The van der Waals surface area contributed by atoms with E-state index < -0.39 is 12.0 Å². The molecule has 0 aromatic carbocycles. The van der Waals surface area contributed by atoms with Gasteiger partial charge in [-0.05, 0) is 59.0 Å². The fraction of sp³-hybridized carbons (Fsp3) is 0.852. The average Bonchev–Trinajstić information content (AvgIpc) is 2.75. The SMILES string of the molecule is CCC/C=C/CCCCCCCCCCCCCC(=O)NCCCC[C@@H](C(=O)O)N(C)C. The van der Waals surface area contributed by atoms with Gasteiger partial charge in [-0.25, -0.2) is 0 Å². The summed E-state index contributed by atoms with van der Waals surface area (Å²) >= 11 is 0. The number of carboxylic acid groups (broad SMARTS) is 1. The monoisotopic (exact) mass is 452 g/mol. The summed E-state index contributed by atoms with van der Waals surface area (Å²) in [6.07, 6.45) is 25.4. The van der Waals surface area contributed by atoms with Crippen LogP contribution in [0, 0.1) is 0 Å². The van der Waals surface area contributed by atoms with Gasteiger partial charge in [0.25, 0.3) is 0 Å². The van der Waals surface area contributed by atoms with Gasteiger partial charge in [-0.3, -0.25) is 14.5 Å². The van der Waals surface area contributed by atoms with Gasteiger partial charge in [-0.1, -0.05) is 83.3 Å². The van der Waals surface area contributed by atoms with Crippen LogP contribution in [0.1, 0.15) is 122 Å². The molecule has 0 radical (unpaired) electrons. The maximum Gasteiger partial charge on any atom is 0.320 e. The first-order valence-corrected chi connectivity index (χ1v) is 13.3. The highest BCUT2D eigenvalue weighted by Gasteiger charge is 2.18. The zero-order valence-corrected chi connectivity index (χ0v) is 21.4. The summed E-state index contributed by atoms with van der Waals surface area (Å²) in [5.41, 5.74) is 0. The van der Waals surface area contributed by atoms with Crippen molar-refractivity contribution in [3.63, 3.8) is 0 Å². The zero-order chi connectivity index (χ0) is 23.9. The van der Waals surface area contributed by atoms with Gasteiger partial charge < -0.3 is 10.4 Å². The predicted molar refractivity (Wildman–Crippen MR) is 136 cm³/mol. The minimum atomic E-state index is -0.777. The van der Waals surface area contributed by atoms with Gasteiger partial charge in [-0.2, -0.15) is 0 Å². The standard InChI is InChI=1S/C27H52N2O3/c1-4-5-6-7-8-9-10-11-12-13-14-15-16-17-18-19-23-26(30)28-24-21-20-22-25(27(31)32)29(2)3/h6-7,25H,4-5,8-24H2,1-3H3,(H,28,30)(H,31,32)/b7-6+/t25-/m0/s1. The number of carboxylic acids is 1. The van der Waals surface area contributed by atoms with E-state index in [0.29, 0.717) is 19.4 Å². The molecule has 0 aromatic rings. The van der Waals surface area contributed by atoms with Crippen molar-refractivity contribution in [2.75, 3.05) is 20.6 Å². The van der Waals surface area contributed by atoms with Crippen molar-refractivity contribution in [1.82, 2.24) is 10.2 Å². The first-order valence-electron chi connectivity index (χ1n) is 13.3. The Bertz CT molecular complexity index is 478. The van der Waals surface area contributed by atoms with Gasteiger partial charge >= 0.3 is 5.97 Å². The third kappa shape index (κ3) is 20.5. The number of unbranched alkanes of at least 4 members (excludes halogenated alkanes) is 13. The Morgan fingerprint density at radius 1 is 0.781 bits per heavy atom. The summed E-state index contributed by atoms with van der Waals surface area (Å²) in [6.45, 7) is 2.87. The topological polar surface area (TPSA) is 69.6 Å². The highest BCUT2D eigenvalue weighted by molar-refractivity contribution is 5.75. The Balaban J connectivity index is 3.33. The molecule has 0 heterocycles. The van der Waals surface area contributed by atoms with Crippen LogP contribution in [-0.4, -0.2) is 48.6 Å². The molecule has 5 nitrogen and oxygen atoms in total. The van der Waals surface area contributed by atoms with E-state index in [0.717, 1.165) is 25.7 Å². The molecule has 0 spiro atoms. The van der Waals surface area contributed by atoms with Crippen molar-refractivity contribution in [2.24, 2.45) is 0 Å². The molecule has 32 heavy (non-hydrogen) atoms. The third-order valence-corrected chi connectivity index (χ3v) is 6.03. The fourth-order valence-corrected chi connectivity index (χ4v) is 3.92. The highest BCUT2D eigenvalue weighted by Crippen LogP contribution is 2.13. The largest absolute Gasteiger partial charge is 0.480 e. The van der Waals surface area contributed by atoms with Crippen molar-refractivity contribution < 1.29 is 14.7 Å². The first-order chi connectivity index (χ1) is 15.5. The number of nitrogens with zero attached hydrogens (tertiary/aromatic N) is 1. The molecule has 1 atom stereocenters. The summed E-state index contributed by atoms with van der Waals surface area (Å²) < 4.78 is 0. The summed E-state index contributed by atoms with van der Waals surface area (Å²) in [4.78, 5) is 24.7. The molecule has 1 amide bonds. The van der Waals surface area contributed by atoms with E-state index in [1.165, 1.54) is 77.0 Å². The molecule has 0 bridgehead atoms. The highest BCUT2D eigenvalue weighted by atomic mass is 16.4. The Labute approximate surface area is 198 Å². The normalized spacial score (nSPS) is 12.5. The molecule has 0 rings (SSSR count). The van der Waals surface area contributed by atoms with Gasteiger partial charge in [0, 0.05) is 13.0 Å². The van der Waals surface area contributed by atoms with Crippen molar-refractivity contribution in [1.29, 1.82) is 0 Å². The molecule has 2 N–H and O–H groups in total. The van der Waals surface area contributed by atoms with E-state index in [2.05, 4.69) is 24.4 Å². The van der Waals surface area contributed by atoms with E-state index >= 15 is 0 Å². The Morgan fingerprint density at radius 3 is 1.84 bits per heavy atom. The van der Waals surface area contributed by atoms with Crippen LogP contribution in [0.4, 0.5) is 0 Å². The van der Waals surface area contributed by atoms with Crippen LogP contribution in [0.3, 0.4) is 0 Å². The van der Waals surface area contributed by atoms with Gasteiger partial charge in [0.2, 0.25) is 5.91 Å². The summed E-state index contributed by atoms with van der Waals surface area (Å²) in [5.74, 6) is -0.645. The van der Waals surface area contributed by atoms with Crippen LogP contribution in [0.25, 0.3) is 0 Å². The first kappa shape index (κ1) is 30.6. The number of carbonyl (C=O) groups is 2. The van der Waals surface area contributed by atoms with E-state index in [1.54, 1.807) is 19.0 Å². The molecule has 0 aliphatic rings. The van der Waals surface area contributed by atoms with E-state index in [1.807, 2.05) is 0 Å². The Kier molecular flexibility index (Phi) is 21.9. The molecular formula is C27H52N2O3. The van der Waals surface area contributed by atoms with Crippen LogP contribution in [0.15, 0.2) is 12.2 Å². The number of rotatable bonds is 23. The fourth-order valence-electron chi connectivity index (χ4n) is 3.92. The predicted octanol–water partition coefficient (Wildman–Crippen LogP) is 6.72. The third-order valence-electron chi connectivity index (χ3n) is 6.03. The second kappa shape index (κ2) is 22.8. The number of hydrogen-bond acceptors (Lipinski definition) is 3. The Hall–Kier alpha value is -1.36.